The van der Waals surface area contributed by atoms with Gasteiger partial charge in [-0.25, -0.2) is 0 Å². The van der Waals surface area contributed by atoms with Gasteiger partial charge in [0.2, 0.25) is 0 Å². The van der Waals surface area contributed by atoms with E-state index >= 15 is 0 Å². The van der Waals surface area contributed by atoms with Gasteiger partial charge in [-0.2, -0.15) is 0 Å². The molecule has 0 bridgehead atoms. The summed E-state index contributed by atoms with van der Waals surface area (Å²) in [5.41, 5.74) is 0.413. The lowest BCUT2D eigenvalue weighted by Gasteiger charge is -2.23. The molecule has 1 heteroatoms. The van der Waals surface area contributed by atoms with Crippen molar-refractivity contribution in [1.82, 2.24) is 5.32 Å². The van der Waals surface area contributed by atoms with Gasteiger partial charge in [-0.1, -0.05) is 12.8 Å². The molecule has 0 aliphatic carbocycles. The Morgan fingerprint density at radius 2 is 1.89 bits per heavy atom. The summed E-state index contributed by atoms with van der Waals surface area (Å²) in [6.07, 6.45) is 5.52. The zero-order valence-electron chi connectivity index (χ0n) is 6.54. The van der Waals surface area contributed by atoms with E-state index in [9.17, 15) is 0 Å². The molecular formula is C8H17N. The molecule has 0 unspecified atom stereocenters. The standard InChI is InChI=1S/C8H17N/c1-8(2)6-4-3-5-7-9-8/h9H,3-7H2,1-2H3. The molecule has 1 aliphatic heterocycles. The molecule has 1 heterocycles. The number of hydrogen-bond acceptors (Lipinski definition) is 1. The highest BCUT2D eigenvalue weighted by Gasteiger charge is 2.17. The van der Waals surface area contributed by atoms with Gasteiger partial charge in [-0.05, 0) is 33.2 Å². The van der Waals surface area contributed by atoms with Crippen molar-refractivity contribution in [3.63, 3.8) is 0 Å². The molecule has 0 spiro atoms. The Morgan fingerprint density at radius 1 is 1.11 bits per heavy atom. The van der Waals surface area contributed by atoms with Crippen LogP contribution in [0.25, 0.3) is 0 Å². The fourth-order valence-corrected chi connectivity index (χ4v) is 1.38. The summed E-state index contributed by atoms with van der Waals surface area (Å²) in [6.45, 7) is 5.80. The summed E-state index contributed by atoms with van der Waals surface area (Å²) < 4.78 is 0. The first kappa shape index (κ1) is 7.07. The minimum atomic E-state index is 0.413. The second kappa shape index (κ2) is 2.70. The van der Waals surface area contributed by atoms with E-state index in [1.165, 1.54) is 32.2 Å². The van der Waals surface area contributed by atoms with Crippen LogP contribution in [-0.2, 0) is 0 Å². The van der Waals surface area contributed by atoms with Crippen LogP contribution in [0.3, 0.4) is 0 Å². The molecule has 0 aromatic rings. The smallest absolute Gasteiger partial charge is 0.0125 e. The summed E-state index contributed by atoms with van der Waals surface area (Å²) in [5.74, 6) is 0. The zero-order valence-corrected chi connectivity index (χ0v) is 6.54. The van der Waals surface area contributed by atoms with Crippen LogP contribution in [-0.4, -0.2) is 12.1 Å². The van der Waals surface area contributed by atoms with Crippen LogP contribution >= 0.6 is 0 Å². The van der Waals surface area contributed by atoms with Gasteiger partial charge in [-0.15, -0.1) is 0 Å². The first-order valence-corrected chi connectivity index (χ1v) is 3.96. The lowest BCUT2D eigenvalue weighted by Crippen LogP contribution is -2.37. The lowest BCUT2D eigenvalue weighted by molar-refractivity contribution is 0.383. The molecule has 1 fully saturated rings. The Morgan fingerprint density at radius 3 is 2.67 bits per heavy atom. The lowest BCUT2D eigenvalue weighted by atomic mass is 9.99. The molecule has 1 rings (SSSR count). The molecule has 1 nitrogen and oxygen atoms in total. The van der Waals surface area contributed by atoms with Crippen molar-refractivity contribution >= 4 is 0 Å². The molecule has 0 atom stereocenters. The Kier molecular flexibility index (Phi) is 2.12. The Hall–Kier alpha value is -0.0400. The second-order valence-corrected chi connectivity index (χ2v) is 3.62. The summed E-state index contributed by atoms with van der Waals surface area (Å²) in [6, 6.07) is 0. The molecule has 1 N–H and O–H groups in total. The van der Waals surface area contributed by atoms with Gasteiger partial charge in [0.1, 0.15) is 0 Å². The molecule has 0 aromatic heterocycles. The maximum absolute atomic E-state index is 3.52. The average molecular weight is 127 g/mol. The fourth-order valence-electron chi connectivity index (χ4n) is 1.38. The van der Waals surface area contributed by atoms with E-state index in [2.05, 4.69) is 19.2 Å². The quantitative estimate of drug-likeness (QED) is 0.524. The molecule has 9 heavy (non-hydrogen) atoms. The average Bonchev–Trinajstić information content (AvgIpc) is 1.92. The van der Waals surface area contributed by atoms with Gasteiger partial charge in [0, 0.05) is 5.54 Å². The highest BCUT2D eigenvalue weighted by atomic mass is 14.9. The monoisotopic (exact) mass is 127 g/mol. The van der Waals surface area contributed by atoms with Gasteiger partial charge < -0.3 is 5.32 Å². The van der Waals surface area contributed by atoms with Crippen LogP contribution in [0.5, 0.6) is 0 Å². The molecule has 54 valence electrons. The number of rotatable bonds is 0. The van der Waals surface area contributed by atoms with E-state index in [0.717, 1.165) is 0 Å². The summed E-state index contributed by atoms with van der Waals surface area (Å²) in [4.78, 5) is 0. The summed E-state index contributed by atoms with van der Waals surface area (Å²) >= 11 is 0. The molecule has 0 radical (unpaired) electrons. The molecule has 0 amide bonds. The first-order chi connectivity index (χ1) is 4.21. The molecule has 1 aliphatic rings. The maximum atomic E-state index is 3.52. The first-order valence-electron chi connectivity index (χ1n) is 3.96. The van der Waals surface area contributed by atoms with E-state index in [4.69, 9.17) is 0 Å². The molecular weight excluding hydrogens is 110 g/mol. The zero-order chi connectivity index (χ0) is 6.74. The van der Waals surface area contributed by atoms with E-state index in [1.54, 1.807) is 0 Å². The van der Waals surface area contributed by atoms with Crippen molar-refractivity contribution in [1.29, 1.82) is 0 Å². The van der Waals surface area contributed by atoms with Crippen LogP contribution < -0.4 is 5.32 Å². The number of nitrogens with one attached hydrogen (secondary N) is 1. The third kappa shape index (κ3) is 2.35. The van der Waals surface area contributed by atoms with Crippen LogP contribution in [0.4, 0.5) is 0 Å². The third-order valence-electron chi connectivity index (χ3n) is 2.08. The van der Waals surface area contributed by atoms with Crippen molar-refractivity contribution in [2.45, 2.75) is 45.1 Å². The van der Waals surface area contributed by atoms with Crippen molar-refractivity contribution in [3.05, 3.63) is 0 Å². The summed E-state index contributed by atoms with van der Waals surface area (Å²) in [7, 11) is 0. The van der Waals surface area contributed by atoms with E-state index < -0.39 is 0 Å². The van der Waals surface area contributed by atoms with Crippen molar-refractivity contribution < 1.29 is 0 Å². The largest absolute Gasteiger partial charge is 0.312 e. The van der Waals surface area contributed by atoms with Crippen molar-refractivity contribution in [2.24, 2.45) is 0 Å². The normalized spacial score (nSPS) is 27.3. The topological polar surface area (TPSA) is 12.0 Å². The predicted molar refractivity (Wildman–Crippen MR) is 40.5 cm³/mol. The Balaban J connectivity index is 2.36. The van der Waals surface area contributed by atoms with E-state index in [0.29, 0.717) is 5.54 Å². The summed E-state index contributed by atoms with van der Waals surface area (Å²) in [5, 5.41) is 3.52. The van der Waals surface area contributed by atoms with E-state index in [-0.39, 0.29) is 0 Å². The van der Waals surface area contributed by atoms with Gasteiger partial charge in [0.05, 0.1) is 0 Å². The van der Waals surface area contributed by atoms with Gasteiger partial charge >= 0.3 is 0 Å². The molecule has 0 aromatic carbocycles. The van der Waals surface area contributed by atoms with Gasteiger partial charge in [-0.3, -0.25) is 0 Å². The van der Waals surface area contributed by atoms with Gasteiger partial charge in [0.15, 0.2) is 0 Å². The van der Waals surface area contributed by atoms with Crippen LogP contribution in [0.1, 0.15) is 39.5 Å². The SMILES string of the molecule is CC1(C)CCCCCN1. The minimum absolute atomic E-state index is 0.413. The second-order valence-electron chi connectivity index (χ2n) is 3.62. The highest BCUT2D eigenvalue weighted by molar-refractivity contribution is 4.79. The predicted octanol–water partition coefficient (Wildman–Crippen LogP) is 1.93. The van der Waals surface area contributed by atoms with E-state index in [1.807, 2.05) is 0 Å². The molecule has 1 saturated heterocycles. The van der Waals surface area contributed by atoms with Gasteiger partial charge in [0.25, 0.3) is 0 Å². The van der Waals surface area contributed by atoms with Crippen molar-refractivity contribution in [3.8, 4) is 0 Å². The van der Waals surface area contributed by atoms with Crippen LogP contribution in [0.2, 0.25) is 0 Å². The number of hydrogen-bond donors (Lipinski definition) is 1. The highest BCUT2D eigenvalue weighted by Crippen LogP contribution is 2.16. The van der Waals surface area contributed by atoms with Crippen LogP contribution in [0, 0.1) is 0 Å². The van der Waals surface area contributed by atoms with Crippen molar-refractivity contribution in [2.75, 3.05) is 6.54 Å². The fraction of sp³-hybridized carbons (Fsp3) is 1.00. The Labute approximate surface area is 57.8 Å². The minimum Gasteiger partial charge on any atom is -0.312 e. The maximum Gasteiger partial charge on any atom is 0.0125 e. The Bertz CT molecular complexity index is 76.6. The van der Waals surface area contributed by atoms with Crippen LogP contribution in [0.15, 0.2) is 0 Å². The molecule has 0 saturated carbocycles. The third-order valence-corrected chi connectivity index (χ3v) is 2.08.